The number of rotatable bonds is 4. The smallest absolute Gasteiger partial charge is 0.272 e. The van der Waals surface area contributed by atoms with Crippen molar-refractivity contribution in [2.75, 3.05) is 0 Å². The molecule has 2 N–H and O–H groups in total. The maximum absolute atomic E-state index is 12.1. The number of hydrazone groups is 1. The van der Waals surface area contributed by atoms with Crippen molar-refractivity contribution in [2.45, 2.75) is 13.8 Å². The molecule has 0 radical (unpaired) electrons. The van der Waals surface area contributed by atoms with E-state index < -0.39 is 0 Å². The van der Waals surface area contributed by atoms with Gasteiger partial charge in [0.1, 0.15) is 5.69 Å². The first-order chi connectivity index (χ1) is 11.6. The van der Waals surface area contributed by atoms with Crippen molar-refractivity contribution in [2.24, 2.45) is 5.10 Å². The number of hydrogen-bond donors (Lipinski definition) is 2. The van der Waals surface area contributed by atoms with E-state index in [4.69, 9.17) is 0 Å². The van der Waals surface area contributed by atoms with Gasteiger partial charge in [0.15, 0.2) is 0 Å². The largest absolute Gasteiger partial charge is 0.289 e. The number of hydrogen-bond acceptors (Lipinski definition) is 4. The second-order valence-electron chi connectivity index (χ2n) is 5.45. The Labute approximate surface area is 139 Å². The Morgan fingerprint density at radius 1 is 1.12 bits per heavy atom. The Hall–Kier alpha value is -3.28. The Bertz CT molecular complexity index is 883. The van der Waals surface area contributed by atoms with Crippen LogP contribution in [0.25, 0.3) is 11.3 Å². The molecule has 0 saturated carbocycles. The number of aromatic amines is 1. The number of nitrogens with zero attached hydrogens (tertiary/aromatic N) is 3. The van der Waals surface area contributed by atoms with Crippen LogP contribution in [0.1, 0.15) is 27.2 Å². The summed E-state index contributed by atoms with van der Waals surface area (Å²) in [5, 5.41) is 10.9. The molecule has 2 heterocycles. The summed E-state index contributed by atoms with van der Waals surface area (Å²) >= 11 is 0. The topological polar surface area (TPSA) is 83.0 Å². The van der Waals surface area contributed by atoms with E-state index in [1.807, 2.05) is 19.1 Å². The van der Waals surface area contributed by atoms with Gasteiger partial charge >= 0.3 is 0 Å². The average molecular weight is 319 g/mol. The lowest BCUT2D eigenvalue weighted by molar-refractivity contribution is 0.0950. The Morgan fingerprint density at radius 3 is 2.67 bits per heavy atom. The van der Waals surface area contributed by atoms with Gasteiger partial charge < -0.3 is 0 Å². The van der Waals surface area contributed by atoms with Gasteiger partial charge in [-0.05, 0) is 54.8 Å². The number of nitrogens with one attached hydrogen (secondary N) is 2. The summed E-state index contributed by atoms with van der Waals surface area (Å²) in [4.78, 5) is 16.0. The molecule has 0 unspecified atom stereocenters. The standard InChI is InChI=1S/C18H17N5O/c1-12-3-4-15(9-13(12)2)16-10-17(22-21-16)18(24)23-20-11-14-5-7-19-8-6-14/h3-11H,1-2H3,(H,21,22)(H,23,24)/b20-11+. The third-order valence-electron chi connectivity index (χ3n) is 3.71. The van der Waals surface area contributed by atoms with Crippen molar-refractivity contribution in [1.82, 2.24) is 20.6 Å². The number of benzene rings is 1. The molecular weight excluding hydrogens is 302 g/mol. The quantitative estimate of drug-likeness (QED) is 0.573. The SMILES string of the molecule is Cc1ccc(-c2cc(C(=O)N/N=C/c3ccncc3)[nH]n2)cc1C. The highest BCUT2D eigenvalue weighted by molar-refractivity contribution is 5.94. The molecule has 0 fully saturated rings. The molecule has 0 aliphatic heterocycles. The number of pyridine rings is 1. The summed E-state index contributed by atoms with van der Waals surface area (Å²) in [6.45, 7) is 4.11. The van der Waals surface area contributed by atoms with E-state index in [-0.39, 0.29) is 5.91 Å². The molecule has 0 atom stereocenters. The minimum absolute atomic E-state index is 0.345. The number of carbonyl (C=O) groups excluding carboxylic acids is 1. The minimum atomic E-state index is -0.345. The monoisotopic (exact) mass is 319 g/mol. The molecule has 1 amide bonds. The van der Waals surface area contributed by atoms with Crippen molar-refractivity contribution in [3.05, 3.63) is 71.2 Å². The van der Waals surface area contributed by atoms with Crippen LogP contribution in [-0.4, -0.2) is 27.3 Å². The lowest BCUT2D eigenvalue weighted by Crippen LogP contribution is -2.17. The molecule has 24 heavy (non-hydrogen) atoms. The highest BCUT2D eigenvalue weighted by Gasteiger charge is 2.10. The van der Waals surface area contributed by atoms with Crippen LogP contribution in [0, 0.1) is 13.8 Å². The van der Waals surface area contributed by atoms with Crippen LogP contribution in [-0.2, 0) is 0 Å². The lowest BCUT2D eigenvalue weighted by Gasteiger charge is -2.01. The van der Waals surface area contributed by atoms with Crippen LogP contribution in [0.3, 0.4) is 0 Å². The molecule has 120 valence electrons. The van der Waals surface area contributed by atoms with E-state index in [9.17, 15) is 4.79 Å². The number of aromatic nitrogens is 3. The predicted molar refractivity (Wildman–Crippen MR) is 92.8 cm³/mol. The van der Waals surface area contributed by atoms with E-state index in [0.717, 1.165) is 16.8 Å². The molecule has 2 aromatic heterocycles. The number of aryl methyl sites for hydroxylation is 2. The first kappa shape index (κ1) is 15.6. The van der Waals surface area contributed by atoms with Crippen molar-refractivity contribution >= 4 is 12.1 Å². The van der Waals surface area contributed by atoms with Crippen LogP contribution in [0.5, 0.6) is 0 Å². The van der Waals surface area contributed by atoms with E-state index in [0.29, 0.717) is 5.69 Å². The fourth-order valence-corrected chi connectivity index (χ4v) is 2.16. The fourth-order valence-electron chi connectivity index (χ4n) is 2.16. The van der Waals surface area contributed by atoms with Crippen molar-refractivity contribution < 1.29 is 4.79 Å². The number of carbonyl (C=O) groups is 1. The van der Waals surface area contributed by atoms with E-state index in [1.54, 1.807) is 36.8 Å². The van der Waals surface area contributed by atoms with Gasteiger partial charge in [0.2, 0.25) is 0 Å². The number of H-pyrrole nitrogens is 1. The normalized spacial score (nSPS) is 10.9. The van der Waals surface area contributed by atoms with Gasteiger partial charge in [-0.25, -0.2) is 5.43 Å². The van der Waals surface area contributed by atoms with Gasteiger partial charge in [-0.1, -0.05) is 12.1 Å². The van der Waals surface area contributed by atoms with Gasteiger partial charge in [0, 0.05) is 18.0 Å². The van der Waals surface area contributed by atoms with Crippen LogP contribution < -0.4 is 5.43 Å². The summed E-state index contributed by atoms with van der Waals surface area (Å²) in [6, 6.07) is 11.4. The summed E-state index contributed by atoms with van der Waals surface area (Å²) in [6.07, 6.45) is 4.88. The Kier molecular flexibility index (Phi) is 4.47. The molecule has 1 aromatic carbocycles. The molecule has 0 aliphatic carbocycles. The van der Waals surface area contributed by atoms with Gasteiger partial charge in [0.25, 0.3) is 5.91 Å². The third-order valence-corrected chi connectivity index (χ3v) is 3.71. The summed E-state index contributed by atoms with van der Waals surface area (Å²) in [7, 11) is 0. The van der Waals surface area contributed by atoms with E-state index in [1.165, 1.54) is 11.1 Å². The van der Waals surface area contributed by atoms with E-state index in [2.05, 4.69) is 38.7 Å². The van der Waals surface area contributed by atoms with Crippen molar-refractivity contribution in [3.8, 4) is 11.3 Å². The molecule has 6 nitrogen and oxygen atoms in total. The molecule has 0 saturated heterocycles. The fraction of sp³-hybridized carbons (Fsp3) is 0.111. The minimum Gasteiger partial charge on any atom is -0.272 e. The maximum Gasteiger partial charge on any atom is 0.289 e. The zero-order chi connectivity index (χ0) is 16.9. The molecule has 3 aromatic rings. The zero-order valence-electron chi connectivity index (χ0n) is 13.4. The second kappa shape index (κ2) is 6.87. The van der Waals surface area contributed by atoms with Crippen LogP contribution in [0.4, 0.5) is 0 Å². The Balaban J connectivity index is 1.69. The van der Waals surface area contributed by atoms with Gasteiger partial charge in [-0.15, -0.1) is 0 Å². The number of amides is 1. The Morgan fingerprint density at radius 2 is 1.92 bits per heavy atom. The molecule has 3 rings (SSSR count). The molecule has 6 heteroatoms. The van der Waals surface area contributed by atoms with Gasteiger partial charge in [-0.2, -0.15) is 10.2 Å². The third kappa shape index (κ3) is 3.55. The first-order valence-electron chi connectivity index (χ1n) is 7.50. The van der Waals surface area contributed by atoms with E-state index >= 15 is 0 Å². The lowest BCUT2D eigenvalue weighted by atomic mass is 10.0. The maximum atomic E-state index is 12.1. The van der Waals surface area contributed by atoms with Crippen LogP contribution in [0.15, 0.2) is 53.9 Å². The second-order valence-corrected chi connectivity index (χ2v) is 5.45. The summed E-state index contributed by atoms with van der Waals surface area (Å²) in [5.74, 6) is -0.345. The molecule has 0 aliphatic rings. The van der Waals surface area contributed by atoms with Gasteiger partial charge in [0.05, 0.1) is 11.9 Å². The first-order valence-corrected chi connectivity index (χ1v) is 7.50. The molecule has 0 spiro atoms. The van der Waals surface area contributed by atoms with Crippen LogP contribution >= 0.6 is 0 Å². The molecular formula is C18H17N5O. The van der Waals surface area contributed by atoms with Crippen LogP contribution in [0.2, 0.25) is 0 Å². The molecule has 0 bridgehead atoms. The highest BCUT2D eigenvalue weighted by atomic mass is 16.2. The summed E-state index contributed by atoms with van der Waals surface area (Å²) < 4.78 is 0. The van der Waals surface area contributed by atoms with Gasteiger partial charge in [-0.3, -0.25) is 14.9 Å². The average Bonchev–Trinajstić information content (AvgIpc) is 3.08. The predicted octanol–water partition coefficient (Wildman–Crippen LogP) is 2.85. The summed E-state index contributed by atoms with van der Waals surface area (Å²) in [5.41, 5.74) is 7.77. The van der Waals surface area contributed by atoms with Crippen molar-refractivity contribution in [3.63, 3.8) is 0 Å². The zero-order valence-corrected chi connectivity index (χ0v) is 13.4. The highest BCUT2D eigenvalue weighted by Crippen LogP contribution is 2.20. The van der Waals surface area contributed by atoms with Crippen molar-refractivity contribution in [1.29, 1.82) is 0 Å².